The van der Waals surface area contributed by atoms with Crippen molar-refractivity contribution in [3.05, 3.63) is 59.4 Å². The summed E-state index contributed by atoms with van der Waals surface area (Å²) in [5.41, 5.74) is 1.07. The summed E-state index contributed by atoms with van der Waals surface area (Å²) < 4.78 is 31.1. The number of hydrogen-bond donors (Lipinski definition) is 1. The summed E-state index contributed by atoms with van der Waals surface area (Å²) in [4.78, 5) is 15.2. The lowest BCUT2D eigenvalue weighted by Crippen LogP contribution is -2.57. The van der Waals surface area contributed by atoms with Gasteiger partial charge in [0.15, 0.2) is 17.6 Å². The number of benzene rings is 2. The Kier molecular flexibility index (Phi) is 5.78. The summed E-state index contributed by atoms with van der Waals surface area (Å²) in [6.45, 7) is 3.99. The first-order valence-electron chi connectivity index (χ1n) is 10.9. The first kappa shape index (κ1) is 20.3. The fourth-order valence-electron chi connectivity index (χ4n) is 4.64. The molecule has 4 aliphatic rings. The first-order chi connectivity index (χ1) is 15.2. The summed E-state index contributed by atoms with van der Waals surface area (Å²) in [5, 5.41) is 3.21. The maximum absolute atomic E-state index is 13.7. The Balaban J connectivity index is 1.17. The van der Waals surface area contributed by atoms with Crippen molar-refractivity contribution in [3.63, 3.8) is 0 Å². The molecule has 2 aromatic carbocycles. The molecular weight excluding hydrogens is 399 g/mol. The highest BCUT2D eigenvalue weighted by atomic mass is 19.1. The van der Waals surface area contributed by atoms with Gasteiger partial charge in [-0.2, -0.15) is 0 Å². The molecule has 3 saturated heterocycles. The predicted molar refractivity (Wildman–Crippen MR) is 113 cm³/mol. The summed E-state index contributed by atoms with van der Waals surface area (Å²) in [6.07, 6.45) is 1.99. The molecule has 0 aromatic heterocycles. The van der Waals surface area contributed by atoms with E-state index in [2.05, 4.69) is 10.2 Å². The number of amides is 1. The molecular formula is C24H27FN2O4. The molecule has 2 atom stereocenters. The van der Waals surface area contributed by atoms with Crippen molar-refractivity contribution in [1.29, 1.82) is 0 Å². The van der Waals surface area contributed by atoms with Gasteiger partial charge in [0.2, 0.25) is 0 Å². The van der Waals surface area contributed by atoms with Gasteiger partial charge >= 0.3 is 0 Å². The zero-order chi connectivity index (χ0) is 21.2. The number of nitrogens with one attached hydrogen (secondary N) is 1. The molecule has 0 unspecified atom stereocenters. The fourth-order valence-corrected chi connectivity index (χ4v) is 4.64. The average Bonchev–Trinajstić information content (AvgIpc) is 2.80. The highest BCUT2D eigenvalue weighted by Crippen LogP contribution is 2.33. The topological polar surface area (TPSA) is 60.0 Å². The molecule has 6 nitrogen and oxygen atoms in total. The van der Waals surface area contributed by atoms with Gasteiger partial charge in [-0.15, -0.1) is 0 Å². The summed E-state index contributed by atoms with van der Waals surface area (Å²) >= 11 is 0. The minimum atomic E-state index is -0.320. The number of nitrogens with zero attached hydrogens (tertiary/aromatic N) is 1. The number of carbonyl (C=O) groups is 1. The predicted octanol–water partition coefficient (Wildman–Crippen LogP) is 3.01. The molecule has 6 rings (SSSR count). The molecule has 2 aromatic rings. The van der Waals surface area contributed by atoms with Gasteiger partial charge in [0.1, 0.15) is 12.4 Å². The monoisotopic (exact) mass is 426 g/mol. The van der Waals surface area contributed by atoms with Crippen molar-refractivity contribution >= 4 is 5.91 Å². The number of piperidine rings is 3. The minimum absolute atomic E-state index is 0.0805. The smallest absolute Gasteiger partial charge is 0.251 e. The Bertz CT molecular complexity index is 945. The molecule has 3 fully saturated rings. The van der Waals surface area contributed by atoms with E-state index in [0.29, 0.717) is 35.2 Å². The highest BCUT2D eigenvalue weighted by Gasteiger charge is 2.35. The van der Waals surface area contributed by atoms with Gasteiger partial charge in [-0.3, -0.25) is 4.79 Å². The van der Waals surface area contributed by atoms with Crippen LogP contribution < -0.4 is 14.8 Å². The maximum Gasteiger partial charge on any atom is 0.251 e. The van der Waals surface area contributed by atoms with Crippen molar-refractivity contribution in [2.45, 2.75) is 31.6 Å². The van der Waals surface area contributed by atoms with Crippen LogP contribution in [0.3, 0.4) is 0 Å². The minimum Gasteiger partial charge on any atom is -0.486 e. The van der Waals surface area contributed by atoms with Gasteiger partial charge in [0, 0.05) is 23.7 Å². The first-order valence-corrected chi connectivity index (χ1v) is 10.9. The largest absolute Gasteiger partial charge is 0.486 e. The van der Waals surface area contributed by atoms with Crippen LogP contribution in [0, 0.1) is 11.7 Å². The van der Waals surface area contributed by atoms with E-state index in [9.17, 15) is 9.18 Å². The molecule has 1 amide bonds. The number of hydrogen-bond acceptors (Lipinski definition) is 5. The second-order valence-electron chi connectivity index (χ2n) is 8.54. The number of rotatable bonds is 6. The molecule has 4 heterocycles. The van der Waals surface area contributed by atoms with Crippen molar-refractivity contribution < 1.29 is 23.4 Å². The van der Waals surface area contributed by atoms with Crippen LogP contribution in [0.4, 0.5) is 4.39 Å². The molecule has 31 heavy (non-hydrogen) atoms. The van der Waals surface area contributed by atoms with Gasteiger partial charge in [0.25, 0.3) is 5.91 Å². The third kappa shape index (κ3) is 4.52. The van der Waals surface area contributed by atoms with Gasteiger partial charge in [-0.25, -0.2) is 4.39 Å². The molecule has 0 radical (unpaired) electrons. The lowest BCUT2D eigenvalue weighted by molar-refractivity contribution is 0.00200. The van der Waals surface area contributed by atoms with Gasteiger partial charge < -0.3 is 24.4 Å². The number of fused-ring (bicyclic) bond motifs is 4. The Morgan fingerprint density at radius 2 is 2.00 bits per heavy atom. The molecule has 0 saturated carbocycles. The zero-order valence-electron chi connectivity index (χ0n) is 17.4. The van der Waals surface area contributed by atoms with E-state index in [1.165, 1.54) is 6.07 Å². The van der Waals surface area contributed by atoms with Crippen LogP contribution in [0.2, 0.25) is 0 Å². The van der Waals surface area contributed by atoms with E-state index in [4.69, 9.17) is 14.2 Å². The highest BCUT2D eigenvalue weighted by molar-refractivity contribution is 5.95. The average molecular weight is 426 g/mol. The SMILES string of the molecule is O=C(N[C@H]1CN2CCC1CC2)c1ccc2c(c1)O[C@H](COCc1ccccc1F)CO2. The molecule has 164 valence electrons. The van der Waals surface area contributed by atoms with E-state index in [0.717, 1.165) is 32.5 Å². The third-order valence-corrected chi connectivity index (χ3v) is 6.42. The van der Waals surface area contributed by atoms with E-state index in [-0.39, 0.29) is 37.1 Å². The van der Waals surface area contributed by atoms with E-state index >= 15 is 0 Å². The Morgan fingerprint density at radius 1 is 1.16 bits per heavy atom. The number of halogens is 1. The van der Waals surface area contributed by atoms with Crippen molar-refractivity contribution in [1.82, 2.24) is 10.2 Å². The van der Waals surface area contributed by atoms with E-state index in [1.807, 2.05) is 0 Å². The van der Waals surface area contributed by atoms with Crippen molar-refractivity contribution in [2.24, 2.45) is 5.92 Å². The Labute approximate surface area is 181 Å². The van der Waals surface area contributed by atoms with Gasteiger partial charge in [-0.05, 0) is 56.1 Å². The zero-order valence-corrected chi connectivity index (χ0v) is 17.4. The second kappa shape index (κ2) is 8.85. The number of ether oxygens (including phenoxy) is 3. The van der Waals surface area contributed by atoms with Crippen LogP contribution in [0.1, 0.15) is 28.8 Å². The Morgan fingerprint density at radius 3 is 2.77 bits per heavy atom. The molecule has 7 heteroatoms. The molecule has 1 N–H and O–H groups in total. The summed E-state index contributed by atoms with van der Waals surface area (Å²) in [5.74, 6) is 1.36. The van der Waals surface area contributed by atoms with E-state index in [1.54, 1.807) is 36.4 Å². The third-order valence-electron chi connectivity index (χ3n) is 6.42. The van der Waals surface area contributed by atoms with Crippen molar-refractivity contribution in [2.75, 3.05) is 32.8 Å². The second-order valence-corrected chi connectivity index (χ2v) is 8.54. The molecule has 0 spiro atoms. The quantitative estimate of drug-likeness (QED) is 0.770. The van der Waals surface area contributed by atoms with Gasteiger partial charge in [-0.1, -0.05) is 18.2 Å². The Hall–Kier alpha value is -2.64. The van der Waals surface area contributed by atoms with Crippen LogP contribution in [0.25, 0.3) is 0 Å². The summed E-state index contributed by atoms with van der Waals surface area (Å²) in [7, 11) is 0. The lowest BCUT2D eigenvalue weighted by Gasteiger charge is -2.44. The van der Waals surface area contributed by atoms with Crippen LogP contribution >= 0.6 is 0 Å². The van der Waals surface area contributed by atoms with Gasteiger partial charge in [0.05, 0.1) is 13.2 Å². The maximum atomic E-state index is 13.7. The molecule has 4 aliphatic heterocycles. The number of carbonyl (C=O) groups excluding carboxylic acids is 1. The lowest BCUT2D eigenvalue weighted by atomic mass is 9.84. The van der Waals surface area contributed by atoms with Crippen LogP contribution in [0.5, 0.6) is 11.5 Å². The van der Waals surface area contributed by atoms with Crippen molar-refractivity contribution in [3.8, 4) is 11.5 Å². The normalized spacial score (nSPS) is 26.5. The van der Waals surface area contributed by atoms with Crippen LogP contribution in [-0.4, -0.2) is 55.8 Å². The van der Waals surface area contributed by atoms with Crippen LogP contribution in [-0.2, 0) is 11.3 Å². The molecule has 0 aliphatic carbocycles. The molecule has 2 bridgehead atoms. The van der Waals surface area contributed by atoms with E-state index < -0.39 is 0 Å². The fraction of sp³-hybridized carbons (Fsp3) is 0.458. The summed E-state index contributed by atoms with van der Waals surface area (Å²) in [6, 6.07) is 12.0. The standard InChI is InChI=1S/C24H27FN2O4/c25-20-4-2-1-3-18(20)13-29-14-19-15-30-22-6-5-17(11-23(22)31-19)24(28)26-21-12-27-9-7-16(21)8-10-27/h1-6,11,16,19,21H,7-10,12-15H2,(H,26,28)/t19-,21+/m1/s1. The van der Waals surface area contributed by atoms with Crippen LogP contribution in [0.15, 0.2) is 42.5 Å².